The molecule has 1 aromatic carbocycles. The smallest absolute Gasteiger partial charge is 0.0768 e. The molecule has 2 aromatic rings. The van der Waals surface area contributed by atoms with Gasteiger partial charge in [-0.3, -0.25) is 4.68 Å². The molecule has 0 radical (unpaired) electrons. The predicted octanol–water partition coefficient (Wildman–Crippen LogP) is 4.89. The van der Waals surface area contributed by atoms with Crippen LogP contribution in [0, 0.1) is 0 Å². The van der Waals surface area contributed by atoms with Gasteiger partial charge in [-0.05, 0) is 53.2 Å². The third kappa shape index (κ3) is 3.35. The van der Waals surface area contributed by atoms with E-state index in [9.17, 15) is 0 Å². The molecule has 1 atom stereocenters. The number of nitrogens with zero attached hydrogens (tertiary/aromatic N) is 2. The molecule has 0 aliphatic heterocycles. The summed E-state index contributed by atoms with van der Waals surface area (Å²) < 4.78 is 5.22. The Morgan fingerprint density at radius 2 is 2.00 bits per heavy atom. The molecule has 0 saturated carbocycles. The maximum Gasteiger partial charge on any atom is 0.0768 e. The zero-order valence-electron chi connectivity index (χ0n) is 11.3. The highest BCUT2D eigenvalue weighted by atomic mass is 79.9. The normalized spacial score (nSPS) is 12.7. The van der Waals surface area contributed by atoms with Gasteiger partial charge in [-0.25, -0.2) is 0 Å². The summed E-state index contributed by atoms with van der Waals surface area (Å²) in [5.74, 6) is 0. The summed E-state index contributed by atoms with van der Waals surface area (Å²) in [5.41, 5.74) is 2.33. The third-order valence-electron chi connectivity index (χ3n) is 3.10. The van der Waals surface area contributed by atoms with Gasteiger partial charge < -0.3 is 5.32 Å². The van der Waals surface area contributed by atoms with E-state index in [1.807, 2.05) is 19.3 Å². The third-order valence-corrected chi connectivity index (χ3v) is 4.93. The van der Waals surface area contributed by atoms with Crippen LogP contribution in [0.15, 0.2) is 37.8 Å². The standard InChI is InChI=1S/C14H16Br3N3/c1-3-6-20-14(12(17)8-19-20)13(18-2)10-7-9(15)4-5-11(10)16/h4-5,7-8,13,18H,3,6H2,1-2H3. The van der Waals surface area contributed by atoms with Crippen molar-refractivity contribution in [3.8, 4) is 0 Å². The molecule has 0 amide bonds. The highest BCUT2D eigenvalue weighted by Crippen LogP contribution is 2.34. The summed E-state index contributed by atoms with van der Waals surface area (Å²) in [7, 11) is 1.97. The van der Waals surface area contributed by atoms with Crippen LogP contribution < -0.4 is 5.32 Å². The van der Waals surface area contributed by atoms with Crippen molar-refractivity contribution in [2.75, 3.05) is 7.05 Å². The Balaban J connectivity index is 2.52. The van der Waals surface area contributed by atoms with Crippen LogP contribution in [0.3, 0.4) is 0 Å². The van der Waals surface area contributed by atoms with E-state index in [0.717, 1.165) is 32.1 Å². The molecule has 1 unspecified atom stereocenters. The Hall–Kier alpha value is -0.170. The van der Waals surface area contributed by atoms with Gasteiger partial charge in [0.2, 0.25) is 0 Å². The second-order valence-corrected chi connectivity index (χ2v) is 7.11. The lowest BCUT2D eigenvalue weighted by molar-refractivity contribution is 0.532. The van der Waals surface area contributed by atoms with E-state index in [-0.39, 0.29) is 6.04 Å². The molecule has 20 heavy (non-hydrogen) atoms. The van der Waals surface area contributed by atoms with Crippen LogP contribution in [-0.2, 0) is 6.54 Å². The maximum absolute atomic E-state index is 4.45. The van der Waals surface area contributed by atoms with Crippen molar-refractivity contribution in [2.45, 2.75) is 25.9 Å². The van der Waals surface area contributed by atoms with Crippen molar-refractivity contribution in [1.29, 1.82) is 0 Å². The van der Waals surface area contributed by atoms with Crippen molar-refractivity contribution >= 4 is 47.8 Å². The molecule has 0 fully saturated rings. The Bertz CT molecular complexity index is 595. The highest BCUT2D eigenvalue weighted by Gasteiger charge is 2.22. The van der Waals surface area contributed by atoms with Gasteiger partial charge >= 0.3 is 0 Å². The molecule has 6 heteroatoms. The quantitative estimate of drug-likeness (QED) is 0.681. The molecule has 0 aliphatic carbocycles. The fourth-order valence-corrected chi connectivity index (χ4v) is 3.60. The monoisotopic (exact) mass is 463 g/mol. The molecule has 1 aromatic heterocycles. The molecule has 2 rings (SSSR count). The predicted molar refractivity (Wildman–Crippen MR) is 93.0 cm³/mol. The lowest BCUT2D eigenvalue weighted by Gasteiger charge is -2.20. The molecule has 0 spiro atoms. The Morgan fingerprint density at radius 3 is 2.65 bits per heavy atom. The number of rotatable bonds is 5. The number of halogens is 3. The summed E-state index contributed by atoms with van der Waals surface area (Å²) in [6.07, 6.45) is 2.92. The second kappa shape index (κ2) is 7.20. The minimum absolute atomic E-state index is 0.0744. The second-order valence-electron chi connectivity index (χ2n) is 4.49. The van der Waals surface area contributed by atoms with Crippen LogP contribution in [0.5, 0.6) is 0 Å². The van der Waals surface area contributed by atoms with Crippen molar-refractivity contribution in [3.05, 3.63) is 49.1 Å². The van der Waals surface area contributed by atoms with Gasteiger partial charge in [0, 0.05) is 15.5 Å². The van der Waals surface area contributed by atoms with E-state index < -0.39 is 0 Å². The van der Waals surface area contributed by atoms with Crippen LogP contribution in [0.2, 0.25) is 0 Å². The Morgan fingerprint density at radius 1 is 1.25 bits per heavy atom. The van der Waals surface area contributed by atoms with Gasteiger partial charge in [-0.1, -0.05) is 38.8 Å². The SMILES string of the molecule is CCCn1ncc(Br)c1C(NC)c1cc(Br)ccc1Br. The zero-order valence-corrected chi connectivity index (χ0v) is 16.1. The molecule has 108 valence electrons. The summed E-state index contributed by atoms with van der Waals surface area (Å²) in [4.78, 5) is 0. The lowest BCUT2D eigenvalue weighted by Crippen LogP contribution is -2.22. The van der Waals surface area contributed by atoms with Crippen LogP contribution in [0.1, 0.15) is 30.6 Å². The van der Waals surface area contributed by atoms with E-state index in [4.69, 9.17) is 0 Å². The first-order valence-electron chi connectivity index (χ1n) is 6.41. The molecule has 1 heterocycles. The molecular formula is C14H16Br3N3. The number of aryl methyl sites for hydroxylation is 1. The minimum atomic E-state index is 0.0744. The molecule has 0 bridgehead atoms. The first-order chi connectivity index (χ1) is 9.58. The van der Waals surface area contributed by atoms with E-state index in [1.165, 1.54) is 5.56 Å². The average Bonchev–Trinajstić information content (AvgIpc) is 2.77. The number of nitrogens with one attached hydrogen (secondary N) is 1. The van der Waals surface area contributed by atoms with Crippen LogP contribution in [0.4, 0.5) is 0 Å². The molecule has 0 aliphatic rings. The number of hydrogen-bond acceptors (Lipinski definition) is 2. The lowest BCUT2D eigenvalue weighted by atomic mass is 10.0. The van der Waals surface area contributed by atoms with Gasteiger partial charge in [-0.2, -0.15) is 5.10 Å². The van der Waals surface area contributed by atoms with Crippen molar-refractivity contribution < 1.29 is 0 Å². The zero-order chi connectivity index (χ0) is 14.7. The van der Waals surface area contributed by atoms with E-state index in [2.05, 4.69) is 81.9 Å². The minimum Gasteiger partial charge on any atom is -0.308 e. The van der Waals surface area contributed by atoms with Gasteiger partial charge in [-0.15, -0.1) is 0 Å². The van der Waals surface area contributed by atoms with Crippen LogP contribution >= 0.6 is 47.8 Å². The fraction of sp³-hybridized carbons (Fsp3) is 0.357. The van der Waals surface area contributed by atoms with E-state index in [1.54, 1.807) is 0 Å². The molecule has 3 nitrogen and oxygen atoms in total. The molecular weight excluding hydrogens is 450 g/mol. The number of hydrogen-bond donors (Lipinski definition) is 1. The van der Waals surface area contributed by atoms with Gasteiger partial charge in [0.1, 0.15) is 0 Å². The van der Waals surface area contributed by atoms with Gasteiger partial charge in [0.15, 0.2) is 0 Å². The van der Waals surface area contributed by atoms with E-state index >= 15 is 0 Å². The maximum atomic E-state index is 4.45. The Kier molecular flexibility index (Phi) is 5.84. The van der Waals surface area contributed by atoms with Crippen LogP contribution in [0.25, 0.3) is 0 Å². The topological polar surface area (TPSA) is 29.9 Å². The van der Waals surface area contributed by atoms with Gasteiger partial charge in [0.05, 0.1) is 22.4 Å². The van der Waals surface area contributed by atoms with Crippen molar-refractivity contribution in [2.24, 2.45) is 0 Å². The highest BCUT2D eigenvalue weighted by molar-refractivity contribution is 9.11. The summed E-state index contributed by atoms with van der Waals surface area (Å²) >= 11 is 10.8. The number of benzene rings is 1. The van der Waals surface area contributed by atoms with Gasteiger partial charge in [0.25, 0.3) is 0 Å². The Labute approximate surface area is 144 Å². The number of aromatic nitrogens is 2. The first kappa shape index (κ1) is 16.2. The fourth-order valence-electron chi connectivity index (χ4n) is 2.22. The van der Waals surface area contributed by atoms with Crippen molar-refractivity contribution in [3.63, 3.8) is 0 Å². The molecule has 0 saturated heterocycles. The summed E-state index contributed by atoms with van der Waals surface area (Å²) in [6.45, 7) is 3.06. The summed E-state index contributed by atoms with van der Waals surface area (Å²) in [5, 5.41) is 7.84. The molecule has 1 N–H and O–H groups in total. The summed E-state index contributed by atoms with van der Waals surface area (Å²) in [6, 6.07) is 6.28. The van der Waals surface area contributed by atoms with Crippen molar-refractivity contribution in [1.82, 2.24) is 15.1 Å². The van der Waals surface area contributed by atoms with Crippen LogP contribution in [-0.4, -0.2) is 16.8 Å². The van der Waals surface area contributed by atoms with E-state index in [0.29, 0.717) is 0 Å². The largest absolute Gasteiger partial charge is 0.308 e. The average molecular weight is 466 g/mol. The first-order valence-corrected chi connectivity index (χ1v) is 8.79.